The van der Waals surface area contributed by atoms with Crippen LogP contribution in [0.1, 0.15) is 16.7 Å². The van der Waals surface area contributed by atoms with Gasteiger partial charge in [-0.2, -0.15) is 0 Å². The lowest BCUT2D eigenvalue weighted by molar-refractivity contribution is 0.247. The fourth-order valence-corrected chi connectivity index (χ4v) is 3.89. The van der Waals surface area contributed by atoms with Gasteiger partial charge in [0.05, 0.1) is 11.6 Å². The van der Waals surface area contributed by atoms with Gasteiger partial charge in [-0.15, -0.1) is 0 Å². The van der Waals surface area contributed by atoms with E-state index in [0.717, 1.165) is 26.2 Å². The number of piperazine rings is 1. The minimum Gasteiger partial charge on any atom is -0.464 e. The molecule has 27 heavy (non-hydrogen) atoms. The zero-order chi connectivity index (χ0) is 19.0. The largest absolute Gasteiger partial charge is 0.464 e. The topological polar surface area (TPSA) is 36.7 Å². The van der Waals surface area contributed by atoms with Crippen molar-refractivity contribution in [3.63, 3.8) is 0 Å². The molecule has 1 aromatic heterocycles. The van der Waals surface area contributed by atoms with E-state index >= 15 is 0 Å². The molecule has 1 saturated heterocycles. The third-order valence-electron chi connectivity index (χ3n) is 5.49. The van der Waals surface area contributed by atoms with Gasteiger partial charge < -0.3 is 9.32 Å². The average Bonchev–Trinajstić information content (AvgIpc) is 2.67. The number of hydrogen-bond donors (Lipinski definition) is 0. The van der Waals surface area contributed by atoms with Gasteiger partial charge in [0, 0.05) is 49.0 Å². The number of anilines is 1. The van der Waals surface area contributed by atoms with Gasteiger partial charge in [0.15, 0.2) is 5.43 Å². The molecule has 0 atom stereocenters. The Labute approximate surface area is 164 Å². The number of fused-ring (bicyclic) bond motifs is 1. The second-order valence-electron chi connectivity index (χ2n) is 7.21. The highest BCUT2D eigenvalue weighted by atomic mass is 35.5. The molecular formula is C22H23ClN2O2. The molecule has 0 aliphatic carbocycles. The van der Waals surface area contributed by atoms with Crippen LogP contribution in [0.25, 0.3) is 11.0 Å². The van der Waals surface area contributed by atoms with Crippen LogP contribution in [0.2, 0.25) is 5.02 Å². The Bertz CT molecular complexity index is 1040. The lowest BCUT2D eigenvalue weighted by Gasteiger charge is -2.37. The second kappa shape index (κ2) is 7.37. The molecule has 0 spiro atoms. The molecule has 4 nitrogen and oxygen atoms in total. The van der Waals surface area contributed by atoms with Crippen LogP contribution in [0.15, 0.2) is 51.9 Å². The Hall–Kier alpha value is -2.30. The molecule has 4 rings (SSSR count). The molecule has 1 aliphatic rings. The summed E-state index contributed by atoms with van der Waals surface area (Å²) in [6.45, 7) is 8.68. The minimum absolute atomic E-state index is 0.00992. The first kappa shape index (κ1) is 18.1. The van der Waals surface area contributed by atoms with Crippen molar-refractivity contribution in [2.24, 2.45) is 0 Å². The maximum atomic E-state index is 12.8. The van der Waals surface area contributed by atoms with Crippen LogP contribution in [0.5, 0.6) is 0 Å². The molecule has 1 aliphatic heterocycles. The fourth-order valence-electron chi connectivity index (χ4n) is 3.72. The first-order valence-electron chi connectivity index (χ1n) is 9.26. The summed E-state index contributed by atoms with van der Waals surface area (Å²) in [7, 11) is 0. The summed E-state index contributed by atoms with van der Waals surface area (Å²) in [5.74, 6) is 0. The van der Waals surface area contributed by atoms with E-state index in [1.54, 1.807) is 24.5 Å². The highest BCUT2D eigenvalue weighted by Gasteiger charge is 2.20. The van der Waals surface area contributed by atoms with E-state index < -0.39 is 0 Å². The van der Waals surface area contributed by atoms with E-state index in [1.807, 2.05) is 0 Å². The van der Waals surface area contributed by atoms with E-state index in [-0.39, 0.29) is 5.43 Å². The standard InChI is InChI=1S/C22H23ClN2O2/c1-15-4-3-5-20(16(15)2)25-10-8-24(9-11-25)13-17-14-27-21-7-6-18(23)12-19(21)22(17)26/h3-7,12,14H,8-11,13H2,1-2H3. The van der Waals surface area contributed by atoms with Gasteiger partial charge in [-0.1, -0.05) is 23.7 Å². The molecule has 0 N–H and O–H groups in total. The first-order chi connectivity index (χ1) is 13.0. The highest BCUT2D eigenvalue weighted by molar-refractivity contribution is 6.31. The molecule has 5 heteroatoms. The van der Waals surface area contributed by atoms with E-state index in [1.165, 1.54) is 16.8 Å². The number of aryl methyl sites for hydroxylation is 1. The zero-order valence-electron chi connectivity index (χ0n) is 15.7. The Morgan fingerprint density at radius 3 is 2.63 bits per heavy atom. The van der Waals surface area contributed by atoms with Crippen LogP contribution in [0.3, 0.4) is 0 Å². The predicted octanol–water partition coefficient (Wildman–Crippen LogP) is 4.39. The van der Waals surface area contributed by atoms with Gasteiger partial charge in [0.1, 0.15) is 5.58 Å². The van der Waals surface area contributed by atoms with Crippen LogP contribution in [0.4, 0.5) is 5.69 Å². The minimum atomic E-state index is 0.00992. The van der Waals surface area contributed by atoms with Crippen molar-refractivity contribution >= 4 is 28.3 Å². The molecule has 140 valence electrons. The summed E-state index contributed by atoms with van der Waals surface area (Å²) < 4.78 is 5.64. The van der Waals surface area contributed by atoms with E-state index in [9.17, 15) is 4.79 Å². The number of halogens is 1. The van der Waals surface area contributed by atoms with Crippen LogP contribution in [-0.2, 0) is 6.54 Å². The van der Waals surface area contributed by atoms with Gasteiger partial charge in [-0.3, -0.25) is 9.69 Å². The van der Waals surface area contributed by atoms with E-state index in [2.05, 4.69) is 41.8 Å². The van der Waals surface area contributed by atoms with Gasteiger partial charge in [-0.25, -0.2) is 0 Å². The maximum Gasteiger partial charge on any atom is 0.197 e. The molecule has 2 heterocycles. The fraction of sp³-hybridized carbons (Fsp3) is 0.318. The molecule has 0 bridgehead atoms. The molecular weight excluding hydrogens is 360 g/mol. The van der Waals surface area contributed by atoms with Crippen LogP contribution in [0, 0.1) is 13.8 Å². The van der Waals surface area contributed by atoms with E-state index in [4.69, 9.17) is 16.0 Å². The summed E-state index contributed by atoms with van der Waals surface area (Å²) in [6, 6.07) is 11.6. The van der Waals surface area contributed by atoms with Crippen LogP contribution in [-0.4, -0.2) is 31.1 Å². The Morgan fingerprint density at radius 2 is 1.85 bits per heavy atom. The summed E-state index contributed by atoms with van der Waals surface area (Å²) in [6.07, 6.45) is 1.59. The second-order valence-corrected chi connectivity index (χ2v) is 7.65. The summed E-state index contributed by atoms with van der Waals surface area (Å²) in [5.41, 5.74) is 5.25. The molecule has 2 aromatic carbocycles. The SMILES string of the molecule is Cc1cccc(N2CCN(Cc3coc4ccc(Cl)cc4c3=O)CC2)c1C. The molecule has 0 saturated carbocycles. The summed E-state index contributed by atoms with van der Waals surface area (Å²) in [4.78, 5) is 17.5. The van der Waals surface area contributed by atoms with Crippen molar-refractivity contribution in [3.8, 4) is 0 Å². The zero-order valence-corrected chi connectivity index (χ0v) is 16.4. The van der Waals surface area contributed by atoms with Crippen molar-refractivity contribution in [2.45, 2.75) is 20.4 Å². The number of hydrogen-bond acceptors (Lipinski definition) is 4. The monoisotopic (exact) mass is 382 g/mol. The van der Waals surface area contributed by atoms with Crippen molar-refractivity contribution < 1.29 is 4.42 Å². The smallest absolute Gasteiger partial charge is 0.197 e. The van der Waals surface area contributed by atoms with Crippen molar-refractivity contribution in [1.82, 2.24) is 4.90 Å². The third kappa shape index (κ3) is 3.60. The number of nitrogens with zero attached hydrogens (tertiary/aromatic N) is 2. The van der Waals surface area contributed by atoms with Crippen molar-refractivity contribution in [1.29, 1.82) is 0 Å². The van der Waals surface area contributed by atoms with Gasteiger partial charge in [0.2, 0.25) is 0 Å². The van der Waals surface area contributed by atoms with Crippen LogP contribution < -0.4 is 10.3 Å². The predicted molar refractivity (Wildman–Crippen MR) is 111 cm³/mol. The van der Waals surface area contributed by atoms with Gasteiger partial charge in [-0.05, 0) is 49.2 Å². The lowest BCUT2D eigenvalue weighted by Crippen LogP contribution is -2.46. The van der Waals surface area contributed by atoms with Gasteiger partial charge >= 0.3 is 0 Å². The average molecular weight is 383 g/mol. The summed E-state index contributed by atoms with van der Waals surface area (Å²) >= 11 is 6.04. The highest BCUT2D eigenvalue weighted by Crippen LogP contribution is 2.24. The quantitative estimate of drug-likeness (QED) is 0.673. The third-order valence-corrected chi connectivity index (χ3v) is 5.72. The normalized spacial score (nSPS) is 15.4. The van der Waals surface area contributed by atoms with Gasteiger partial charge in [0.25, 0.3) is 0 Å². The number of rotatable bonds is 3. The van der Waals surface area contributed by atoms with Crippen LogP contribution >= 0.6 is 11.6 Å². The van der Waals surface area contributed by atoms with E-state index in [0.29, 0.717) is 28.1 Å². The Kier molecular flexibility index (Phi) is 4.94. The van der Waals surface area contributed by atoms with Crippen molar-refractivity contribution in [2.75, 3.05) is 31.1 Å². The molecule has 3 aromatic rings. The maximum absolute atomic E-state index is 12.8. The summed E-state index contributed by atoms with van der Waals surface area (Å²) in [5, 5.41) is 1.10. The molecule has 0 unspecified atom stereocenters. The lowest BCUT2D eigenvalue weighted by atomic mass is 10.1. The molecule has 0 amide bonds. The Morgan fingerprint density at radius 1 is 1.07 bits per heavy atom. The molecule has 1 fully saturated rings. The van der Waals surface area contributed by atoms with Crippen molar-refractivity contribution in [3.05, 3.63) is 74.6 Å². The first-order valence-corrected chi connectivity index (χ1v) is 9.64. The number of benzene rings is 2. The Balaban J connectivity index is 1.48. The molecule has 0 radical (unpaired) electrons.